The predicted molar refractivity (Wildman–Crippen MR) is 83.0 cm³/mol. The molecule has 19 heavy (non-hydrogen) atoms. The summed E-state index contributed by atoms with van der Waals surface area (Å²) in [4.78, 5) is 0. The summed E-state index contributed by atoms with van der Waals surface area (Å²) in [6.45, 7) is 1.82. The molecule has 0 saturated heterocycles. The van der Waals surface area contributed by atoms with Crippen molar-refractivity contribution < 1.29 is 4.42 Å². The first-order chi connectivity index (χ1) is 9.24. The van der Waals surface area contributed by atoms with Crippen molar-refractivity contribution in [3.8, 4) is 0 Å². The molecule has 1 aliphatic rings. The van der Waals surface area contributed by atoms with E-state index in [1.807, 2.05) is 30.0 Å². The molecule has 1 N–H and O–H groups in total. The van der Waals surface area contributed by atoms with Crippen LogP contribution in [-0.4, -0.2) is 17.5 Å². The highest BCUT2D eigenvalue weighted by Crippen LogP contribution is 2.42. The zero-order valence-corrected chi connectivity index (χ0v) is 12.6. The van der Waals surface area contributed by atoms with E-state index in [1.165, 1.54) is 19.3 Å². The fourth-order valence-corrected chi connectivity index (χ4v) is 3.87. The summed E-state index contributed by atoms with van der Waals surface area (Å²) in [7, 11) is 0. The maximum absolute atomic E-state index is 6.19. The molecular formula is C15H18ClNOS. The van der Waals surface area contributed by atoms with Crippen molar-refractivity contribution >= 4 is 34.3 Å². The third-order valence-electron chi connectivity index (χ3n) is 4.10. The van der Waals surface area contributed by atoms with Crippen LogP contribution in [0.1, 0.15) is 24.8 Å². The Kier molecular flexibility index (Phi) is 3.79. The Morgan fingerprint density at radius 2 is 2.16 bits per heavy atom. The van der Waals surface area contributed by atoms with Gasteiger partial charge in [-0.3, -0.25) is 0 Å². The summed E-state index contributed by atoms with van der Waals surface area (Å²) in [5.41, 5.74) is 1.94. The van der Waals surface area contributed by atoms with Gasteiger partial charge >= 0.3 is 0 Å². The first-order valence-electron chi connectivity index (χ1n) is 6.66. The van der Waals surface area contributed by atoms with E-state index in [0.29, 0.717) is 9.97 Å². The van der Waals surface area contributed by atoms with Crippen LogP contribution in [0.25, 0.3) is 11.0 Å². The Balaban J connectivity index is 1.70. The molecule has 0 radical (unpaired) electrons. The van der Waals surface area contributed by atoms with Crippen molar-refractivity contribution in [2.75, 3.05) is 12.8 Å². The largest absolute Gasteiger partial charge is 0.444 e. The van der Waals surface area contributed by atoms with Gasteiger partial charge in [0.25, 0.3) is 0 Å². The molecule has 2 aromatic rings. The van der Waals surface area contributed by atoms with Crippen molar-refractivity contribution in [2.45, 2.75) is 30.6 Å². The van der Waals surface area contributed by atoms with Crippen LogP contribution in [0.2, 0.25) is 5.22 Å². The Labute approximate surface area is 122 Å². The van der Waals surface area contributed by atoms with Crippen LogP contribution in [0.5, 0.6) is 0 Å². The average molecular weight is 296 g/mol. The molecule has 1 aliphatic carbocycles. The highest BCUT2D eigenvalue weighted by atomic mass is 35.5. The number of rotatable bonds is 5. The van der Waals surface area contributed by atoms with Gasteiger partial charge in [0.1, 0.15) is 5.58 Å². The number of hydrogen-bond acceptors (Lipinski definition) is 3. The molecule has 0 atom stereocenters. The van der Waals surface area contributed by atoms with Crippen LogP contribution in [0.3, 0.4) is 0 Å². The van der Waals surface area contributed by atoms with E-state index in [4.69, 9.17) is 16.0 Å². The van der Waals surface area contributed by atoms with E-state index in [9.17, 15) is 0 Å². The maximum atomic E-state index is 6.19. The molecule has 1 aromatic heterocycles. The van der Waals surface area contributed by atoms with E-state index < -0.39 is 0 Å². The lowest BCUT2D eigenvalue weighted by Gasteiger charge is -2.40. The first-order valence-corrected chi connectivity index (χ1v) is 8.26. The zero-order valence-electron chi connectivity index (χ0n) is 11.0. The van der Waals surface area contributed by atoms with Gasteiger partial charge in [-0.15, -0.1) is 0 Å². The van der Waals surface area contributed by atoms with Gasteiger partial charge in [0.05, 0.1) is 0 Å². The monoisotopic (exact) mass is 295 g/mol. The van der Waals surface area contributed by atoms with Gasteiger partial charge in [0.15, 0.2) is 5.22 Å². The maximum Gasteiger partial charge on any atom is 0.199 e. The van der Waals surface area contributed by atoms with E-state index in [2.05, 4.69) is 17.6 Å². The molecule has 0 aliphatic heterocycles. The van der Waals surface area contributed by atoms with Gasteiger partial charge in [-0.25, -0.2) is 0 Å². The van der Waals surface area contributed by atoms with Crippen molar-refractivity contribution in [3.63, 3.8) is 0 Å². The molecular weight excluding hydrogens is 278 g/mol. The molecule has 3 rings (SSSR count). The molecule has 2 nitrogen and oxygen atoms in total. The highest BCUT2D eigenvalue weighted by Gasteiger charge is 2.35. The second-order valence-electron chi connectivity index (χ2n) is 5.19. The Bertz CT molecular complexity index is 571. The van der Waals surface area contributed by atoms with Gasteiger partial charge in [0.2, 0.25) is 0 Å². The Morgan fingerprint density at radius 1 is 1.37 bits per heavy atom. The first kappa shape index (κ1) is 13.3. The summed E-state index contributed by atoms with van der Waals surface area (Å²) in [6, 6.07) is 8.01. The van der Waals surface area contributed by atoms with E-state index >= 15 is 0 Å². The lowest BCUT2D eigenvalue weighted by Crippen LogP contribution is -2.43. The molecule has 1 aromatic carbocycles. The third-order valence-corrected chi connectivity index (χ3v) is 5.82. The molecule has 0 spiro atoms. The minimum atomic E-state index is 0.450. The van der Waals surface area contributed by atoms with Gasteiger partial charge in [-0.1, -0.05) is 24.6 Å². The Morgan fingerprint density at radius 3 is 2.84 bits per heavy atom. The molecule has 102 valence electrons. The normalized spacial score (nSPS) is 17.6. The van der Waals surface area contributed by atoms with Crippen LogP contribution in [0.4, 0.5) is 0 Å². The highest BCUT2D eigenvalue weighted by molar-refractivity contribution is 8.00. The molecule has 0 unspecified atom stereocenters. The van der Waals surface area contributed by atoms with E-state index in [1.54, 1.807) is 0 Å². The van der Waals surface area contributed by atoms with Crippen molar-refractivity contribution in [2.24, 2.45) is 0 Å². The number of nitrogens with one attached hydrogen (secondary N) is 1. The summed E-state index contributed by atoms with van der Waals surface area (Å²) in [6.07, 6.45) is 6.21. The minimum absolute atomic E-state index is 0.450. The van der Waals surface area contributed by atoms with E-state index in [0.717, 1.165) is 29.6 Å². The molecule has 0 amide bonds. The van der Waals surface area contributed by atoms with Crippen LogP contribution >= 0.6 is 23.4 Å². The number of furan rings is 1. The van der Waals surface area contributed by atoms with Crippen LogP contribution in [0, 0.1) is 0 Å². The number of halogens is 1. The lowest BCUT2D eigenvalue weighted by atomic mass is 9.84. The smallest absolute Gasteiger partial charge is 0.199 e. The fourth-order valence-electron chi connectivity index (χ4n) is 2.67. The Hall–Kier alpha value is -0.640. The summed E-state index contributed by atoms with van der Waals surface area (Å²) in [5, 5.41) is 5.18. The SMILES string of the molecule is CSC1(CNCc2c(Cl)oc3ccccc23)CCC1. The minimum Gasteiger partial charge on any atom is -0.444 e. The fraction of sp³-hybridized carbons (Fsp3) is 0.467. The van der Waals surface area contributed by atoms with Gasteiger partial charge in [-0.05, 0) is 36.8 Å². The van der Waals surface area contributed by atoms with Gasteiger partial charge < -0.3 is 9.73 Å². The summed E-state index contributed by atoms with van der Waals surface area (Å²) in [5.74, 6) is 0. The van der Waals surface area contributed by atoms with E-state index in [-0.39, 0.29) is 0 Å². The number of benzene rings is 1. The number of para-hydroxylation sites is 1. The number of hydrogen-bond donors (Lipinski definition) is 1. The molecule has 1 heterocycles. The lowest BCUT2D eigenvalue weighted by molar-refractivity contribution is 0.345. The van der Waals surface area contributed by atoms with Crippen LogP contribution < -0.4 is 5.32 Å². The van der Waals surface area contributed by atoms with Crippen molar-refractivity contribution in [3.05, 3.63) is 35.0 Å². The third kappa shape index (κ3) is 2.51. The van der Waals surface area contributed by atoms with Gasteiger partial charge in [0, 0.05) is 28.8 Å². The number of fused-ring (bicyclic) bond motifs is 1. The average Bonchev–Trinajstić information content (AvgIpc) is 2.69. The quantitative estimate of drug-likeness (QED) is 0.881. The van der Waals surface area contributed by atoms with Crippen molar-refractivity contribution in [1.29, 1.82) is 0 Å². The molecule has 0 bridgehead atoms. The van der Waals surface area contributed by atoms with Crippen LogP contribution in [-0.2, 0) is 6.54 Å². The molecule has 1 saturated carbocycles. The topological polar surface area (TPSA) is 25.2 Å². The standard InChI is InChI=1S/C15H18ClNOS/c1-19-15(7-4-8-15)10-17-9-12-11-5-2-3-6-13(11)18-14(12)16/h2-3,5-6,17H,4,7-10H2,1H3. The van der Waals surface area contributed by atoms with Crippen LogP contribution in [0.15, 0.2) is 28.7 Å². The second-order valence-corrected chi connectivity index (χ2v) is 6.81. The second kappa shape index (κ2) is 5.39. The number of thioether (sulfide) groups is 1. The van der Waals surface area contributed by atoms with Gasteiger partial charge in [-0.2, -0.15) is 11.8 Å². The molecule has 4 heteroatoms. The predicted octanol–water partition coefficient (Wildman–Crippen LogP) is 4.46. The summed E-state index contributed by atoms with van der Waals surface area (Å²) >= 11 is 8.17. The summed E-state index contributed by atoms with van der Waals surface area (Å²) < 4.78 is 6.02. The molecule has 1 fully saturated rings. The van der Waals surface area contributed by atoms with Crippen molar-refractivity contribution in [1.82, 2.24) is 5.32 Å². The zero-order chi connectivity index (χ0) is 13.3.